The Hall–Kier alpha value is -1.82. The SMILES string of the molecule is Cc1nn(C)c(NC(=O)c2ccc(Cl)c(Cl)c2)c1-c1ccc(Br)cc1. The zero-order valence-corrected chi connectivity index (χ0v) is 16.6. The third-order valence-corrected chi connectivity index (χ3v) is 5.04. The number of aryl methyl sites for hydroxylation is 2. The molecule has 0 radical (unpaired) electrons. The van der Waals surface area contributed by atoms with Crippen LogP contribution in [0.25, 0.3) is 11.1 Å². The van der Waals surface area contributed by atoms with Gasteiger partial charge in [0.2, 0.25) is 0 Å². The Balaban J connectivity index is 1.98. The summed E-state index contributed by atoms with van der Waals surface area (Å²) >= 11 is 15.3. The van der Waals surface area contributed by atoms with Gasteiger partial charge in [-0.3, -0.25) is 9.48 Å². The van der Waals surface area contributed by atoms with Crippen LogP contribution in [0.3, 0.4) is 0 Å². The Labute approximate surface area is 163 Å². The number of aromatic nitrogens is 2. The minimum atomic E-state index is -0.278. The molecule has 0 bridgehead atoms. The maximum Gasteiger partial charge on any atom is 0.256 e. The number of carbonyl (C=O) groups excluding carboxylic acids is 1. The Morgan fingerprint density at radius 2 is 1.80 bits per heavy atom. The number of hydrogen-bond donors (Lipinski definition) is 1. The first kappa shape index (κ1) is 18.0. The lowest BCUT2D eigenvalue weighted by Gasteiger charge is -2.10. The van der Waals surface area contributed by atoms with Crippen LogP contribution in [0.4, 0.5) is 5.82 Å². The van der Waals surface area contributed by atoms with Crippen LogP contribution in [0.5, 0.6) is 0 Å². The summed E-state index contributed by atoms with van der Waals surface area (Å²) in [5.74, 6) is 0.343. The number of rotatable bonds is 3. The average Bonchev–Trinajstić information content (AvgIpc) is 2.84. The molecule has 4 nitrogen and oxygen atoms in total. The lowest BCUT2D eigenvalue weighted by atomic mass is 10.1. The second-order valence-corrected chi connectivity index (χ2v) is 7.25. The van der Waals surface area contributed by atoms with Crippen LogP contribution in [0.15, 0.2) is 46.9 Å². The van der Waals surface area contributed by atoms with Crippen LogP contribution in [0.2, 0.25) is 10.0 Å². The highest BCUT2D eigenvalue weighted by atomic mass is 79.9. The number of hydrogen-bond acceptors (Lipinski definition) is 2. The summed E-state index contributed by atoms with van der Waals surface area (Å²) in [6.07, 6.45) is 0. The normalized spacial score (nSPS) is 10.8. The third kappa shape index (κ3) is 3.73. The fourth-order valence-corrected chi connectivity index (χ4v) is 3.14. The van der Waals surface area contributed by atoms with E-state index in [9.17, 15) is 4.79 Å². The van der Waals surface area contributed by atoms with Gasteiger partial charge < -0.3 is 5.32 Å². The van der Waals surface area contributed by atoms with Crippen molar-refractivity contribution in [1.29, 1.82) is 0 Å². The minimum absolute atomic E-state index is 0.278. The standard InChI is InChI=1S/C18H14BrCl2N3O/c1-10-16(11-3-6-13(19)7-4-11)17(24(2)23-10)22-18(25)12-5-8-14(20)15(21)9-12/h3-9H,1-2H3,(H,22,25). The topological polar surface area (TPSA) is 46.9 Å². The van der Waals surface area contributed by atoms with Gasteiger partial charge in [0.25, 0.3) is 5.91 Å². The van der Waals surface area contributed by atoms with Gasteiger partial charge in [0.05, 0.1) is 15.7 Å². The van der Waals surface area contributed by atoms with Crippen LogP contribution in [0, 0.1) is 6.92 Å². The molecule has 3 rings (SSSR count). The summed E-state index contributed by atoms with van der Waals surface area (Å²) < 4.78 is 2.64. The molecule has 0 aliphatic heterocycles. The van der Waals surface area contributed by atoms with Crippen molar-refractivity contribution in [3.63, 3.8) is 0 Å². The smallest absolute Gasteiger partial charge is 0.256 e. The highest BCUT2D eigenvalue weighted by Crippen LogP contribution is 2.32. The molecule has 0 atom stereocenters. The Morgan fingerprint density at radius 3 is 2.44 bits per heavy atom. The van der Waals surface area contributed by atoms with Crippen molar-refractivity contribution in [2.24, 2.45) is 7.05 Å². The first-order chi connectivity index (χ1) is 11.9. The molecule has 0 spiro atoms. The van der Waals surface area contributed by atoms with Crippen LogP contribution in [-0.4, -0.2) is 15.7 Å². The molecule has 0 saturated carbocycles. The van der Waals surface area contributed by atoms with Crippen LogP contribution >= 0.6 is 39.1 Å². The molecule has 0 unspecified atom stereocenters. The van der Waals surface area contributed by atoms with Crippen molar-refractivity contribution in [1.82, 2.24) is 9.78 Å². The van der Waals surface area contributed by atoms with Crippen molar-refractivity contribution in [3.8, 4) is 11.1 Å². The quantitative estimate of drug-likeness (QED) is 0.568. The fraction of sp³-hybridized carbons (Fsp3) is 0.111. The van der Waals surface area contributed by atoms with Gasteiger partial charge in [-0.05, 0) is 42.8 Å². The van der Waals surface area contributed by atoms with Crippen LogP contribution in [-0.2, 0) is 7.05 Å². The number of carbonyl (C=O) groups is 1. The van der Waals surface area contributed by atoms with Crippen LogP contribution < -0.4 is 5.32 Å². The van der Waals surface area contributed by atoms with Gasteiger partial charge in [-0.15, -0.1) is 0 Å². The summed E-state index contributed by atoms with van der Waals surface area (Å²) in [5, 5.41) is 8.10. The zero-order chi connectivity index (χ0) is 18.1. The molecular weight excluding hydrogens is 425 g/mol. The number of nitrogens with zero attached hydrogens (tertiary/aromatic N) is 2. The van der Waals surface area contributed by atoms with E-state index in [0.29, 0.717) is 21.4 Å². The molecule has 1 aromatic heterocycles. The van der Waals surface area contributed by atoms with E-state index >= 15 is 0 Å². The molecule has 1 heterocycles. The van der Waals surface area contributed by atoms with Gasteiger partial charge in [-0.2, -0.15) is 5.10 Å². The van der Waals surface area contributed by atoms with E-state index in [1.807, 2.05) is 31.2 Å². The zero-order valence-electron chi connectivity index (χ0n) is 13.5. The van der Waals surface area contributed by atoms with Gasteiger partial charge in [0.1, 0.15) is 5.82 Å². The molecule has 128 valence electrons. The highest BCUT2D eigenvalue weighted by Gasteiger charge is 2.18. The molecule has 3 aromatic rings. The molecule has 7 heteroatoms. The average molecular weight is 439 g/mol. The lowest BCUT2D eigenvalue weighted by molar-refractivity contribution is 0.102. The monoisotopic (exact) mass is 437 g/mol. The number of anilines is 1. The summed E-state index contributed by atoms with van der Waals surface area (Å²) in [6, 6.07) is 12.6. The van der Waals surface area contributed by atoms with Gasteiger partial charge >= 0.3 is 0 Å². The van der Waals surface area contributed by atoms with Crippen molar-refractivity contribution >= 4 is 50.9 Å². The van der Waals surface area contributed by atoms with E-state index in [4.69, 9.17) is 23.2 Å². The number of benzene rings is 2. The summed E-state index contributed by atoms with van der Waals surface area (Å²) in [7, 11) is 1.79. The summed E-state index contributed by atoms with van der Waals surface area (Å²) in [5.41, 5.74) is 3.10. The maximum absolute atomic E-state index is 12.6. The van der Waals surface area contributed by atoms with E-state index in [1.54, 1.807) is 29.9 Å². The Morgan fingerprint density at radius 1 is 1.12 bits per heavy atom. The fourth-order valence-electron chi connectivity index (χ4n) is 2.58. The number of halogens is 3. The van der Waals surface area contributed by atoms with E-state index in [2.05, 4.69) is 26.3 Å². The van der Waals surface area contributed by atoms with Crippen LogP contribution in [0.1, 0.15) is 16.1 Å². The Bertz CT molecular complexity index is 952. The molecule has 25 heavy (non-hydrogen) atoms. The highest BCUT2D eigenvalue weighted by molar-refractivity contribution is 9.10. The summed E-state index contributed by atoms with van der Waals surface area (Å²) in [4.78, 5) is 12.6. The molecule has 0 saturated heterocycles. The first-order valence-electron chi connectivity index (χ1n) is 7.42. The number of amides is 1. The first-order valence-corrected chi connectivity index (χ1v) is 8.97. The second kappa shape index (κ2) is 7.20. The largest absolute Gasteiger partial charge is 0.306 e. The van der Waals surface area contributed by atoms with E-state index in [0.717, 1.165) is 21.3 Å². The van der Waals surface area contributed by atoms with Gasteiger partial charge in [0.15, 0.2) is 0 Å². The van der Waals surface area contributed by atoms with Gasteiger partial charge in [-0.1, -0.05) is 51.3 Å². The predicted molar refractivity (Wildman–Crippen MR) is 105 cm³/mol. The third-order valence-electron chi connectivity index (χ3n) is 3.77. The molecular formula is C18H14BrCl2N3O. The van der Waals surface area contributed by atoms with Crippen molar-refractivity contribution < 1.29 is 4.79 Å². The lowest BCUT2D eigenvalue weighted by Crippen LogP contribution is -2.15. The van der Waals surface area contributed by atoms with E-state index in [1.165, 1.54) is 0 Å². The van der Waals surface area contributed by atoms with Crippen molar-refractivity contribution in [3.05, 3.63) is 68.2 Å². The van der Waals surface area contributed by atoms with E-state index in [-0.39, 0.29) is 5.91 Å². The van der Waals surface area contributed by atoms with Gasteiger partial charge in [-0.25, -0.2) is 0 Å². The maximum atomic E-state index is 12.6. The molecule has 0 aliphatic carbocycles. The summed E-state index contributed by atoms with van der Waals surface area (Å²) in [6.45, 7) is 1.91. The van der Waals surface area contributed by atoms with Crippen molar-refractivity contribution in [2.75, 3.05) is 5.32 Å². The van der Waals surface area contributed by atoms with Gasteiger partial charge in [0, 0.05) is 22.6 Å². The molecule has 1 N–H and O–H groups in total. The van der Waals surface area contributed by atoms with Crippen molar-refractivity contribution in [2.45, 2.75) is 6.92 Å². The Kier molecular flexibility index (Phi) is 5.18. The molecule has 2 aromatic carbocycles. The molecule has 0 aliphatic rings. The predicted octanol–water partition coefficient (Wildman–Crippen LogP) is 5.72. The molecule has 0 fully saturated rings. The second-order valence-electron chi connectivity index (χ2n) is 5.52. The molecule has 1 amide bonds. The number of nitrogens with one attached hydrogen (secondary N) is 1. The minimum Gasteiger partial charge on any atom is -0.306 e. The van der Waals surface area contributed by atoms with E-state index < -0.39 is 0 Å².